The summed E-state index contributed by atoms with van der Waals surface area (Å²) in [6.07, 6.45) is 8.91. The second kappa shape index (κ2) is 10.0. The molecular formula is C20H43N3. The molecule has 3 saturated heterocycles. The van der Waals surface area contributed by atoms with E-state index in [4.69, 9.17) is 0 Å². The van der Waals surface area contributed by atoms with E-state index >= 15 is 0 Å². The molecule has 0 atom stereocenters. The van der Waals surface area contributed by atoms with Crippen molar-refractivity contribution in [1.29, 1.82) is 0 Å². The Morgan fingerprint density at radius 2 is 1.26 bits per heavy atom. The van der Waals surface area contributed by atoms with Gasteiger partial charge in [-0.15, -0.1) is 0 Å². The van der Waals surface area contributed by atoms with E-state index in [1.807, 2.05) is 27.7 Å². The zero-order valence-corrected chi connectivity index (χ0v) is 16.9. The normalized spacial score (nSPS) is 27.4. The van der Waals surface area contributed by atoms with Gasteiger partial charge in [-0.05, 0) is 71.2 Å². The van der Waals surface area contributed by atoms with Crippen LogP contribution in [-0.4, -0.2) is 63.2 Å². The third-order valence-corrected chi connectivity index (χ3v) is 6.00. The molecule has 23 heavy (non-hydrogen) atoms. The third kappa shape index (κ3) is 5.72. The molecule has 3 aliphatic heterocycles. The van der Waals surface area contributed by atoms with Gasteiger partial charge in [0.05, 0.1) is 0 Å². The second-order valence-corrected chi connectivity index (χ2v) is 7.76. The van der Waals surface area contributed by atoms with Gasteiger partial charge in [-0.1, -0.05) is 34.1 Å². The fourth-order valence-electron chi connectivity index (χ4n) is 4.43. The van der Waals surface area contributed by atoms with Gasteiger partial charge in [0.15, 0.2) is 0 Å². The highest BCUT2D eigenvalue weighted by Gasteiger charge is 2.42. The van der Waals surface area contributed by atoms with Gasteiger partial charge in [0, 0.05) is 25.0 Å². The average Bonchev–Trinajstić information content (AvgIpc) is 3.01. The lowest BCUT2D eigenvalue weighted by Crippen LogP contribution is -2.55. The molecule has 0 aromatic heterocycles. The van der Waals surface area contributed by atoms with Crippen LogP contribution in [0.2, 0.25) is 0 Å². The second-order valence-electron chi connectivity index (χ2n) is 7.76. The van der Waals surface area contributed by atoms with Crippen molar-refractivity contribution in [2.75, 3.05) is 53.4 Å². The Morgan fingerprint density at radius 3 is 1.61 bits per heavy atom. The first-order valence-corrected chi connectivity index (χ1v) is 10.2. The van der Waals surface area contributed by atoms with Crippen LogP contribution >= 0.6 is 0 Å². The molecule has 2 spiro atoms. The maximum absolute atomic E-state index is 3.41. The molecule has 0 aromatic rings. The van der Waals surface area contributed by atoms with E-state index in [2.05, 4.69) is 29.2 Å². The lowest BCUT2D eigenvalue weighted by atomic mass is 9.63. The van der Waals surface area contributed by atoms with Crippen molar-refractivity contribution in [2.24, 2.45) is 10.8 Å². The van der Waals surface area contributed by atoms with Gasteiger partial charge >= 0.3 is 0 Å². The van der Waals surface area contributed by atoms with Gasteiger partial charge in [0.1, 0.15) is 0 Å². The number of piperidine rings is 1. The summed E-state index contributed by atoms with van der Waals surface area (Å²) >= 11 is 0. The zero-order valence-electron chi connectivity index (χ0n) is 16.9. The fraction of sp³-hybridized carbons (Fsp3) is 1.00. The van der Waals surface area contributed by atoms with E-state index in [-0.39, 0.29) is 0 Å². The molecule has 0 unspecified atom stereocenters. The number of nitrogens with zero attached hydrogens (tertiary/aromatic N) is 2. The molecule has 3 heteroatoms. The number of likely N-dealkylation sites (tertiary alicyclic amines) is 2. The summed E-state index contributed by atoms with van der Waals surface area (Å²) in [5, 5.41) is 3.41. The first-order valence-electron chi connectivity index (χ1n) is 10.2. The van der Waals surface area contributed by atoms with Gasteiger partial charge in [-0.2, -0.15) is 0 Å². The molecule has 3 heterocycles. The maximum atomic E-state index is 3.41. The Kier molecular flexibility index (Phi) is 9.10. The Bertz CT molecular complexity index is 288. The number of rotatable bonds is 0. The zero-order chi connectivity index (χ0) is 17.3. The van der Waals surface area contributed by atoms with E-state index < -0.39 is 0 Å². The molecule has 4 fully saturated rings. The molecule has 1 saturated carbocycles. The van der Waals surface area contributed by atoms with Crippen LogP contribution in [-0.2, 0) is 0 Å². The van der Waals surface area contributed by atoms with Crippen molar-refractivity contribution in [3.63, 3.8) is 0 Å². The minimum absolute atomic E-state index is 0.703. The summed E-state index contributed by atoms with van der Waals surface area (Å²) in [6.45, 7) is 15.8. The summed E-state index contributed by atoms with van der Waals surface area (Å²) in [5.41, 5.74) is 1.54. The Morgan fingerprint density at radius 1 is 0.696 bits per heavy atom. The molecule has 0 radical (unpaired) electrons. The van der Waals surface area contributed by atoms with Crippen LogP contribution in [0.4, 0.5) is 0 Å². The van der Waals surface area contributed by atoms with Crippen molar-refractivity contribution in [1.82, 2.24) is 15.1 Å². The van der Waals surface area contributed by atoms with Crippen molar-refractivity contribution < 1.29 is 0 Å². The number of nitrogens with one attached hydrogen (secondary N) is 1. The van der Waals surface area contributed by atoms with Crippen LogP contribution in [0.1, 0.15) is 66.2 Å². The van der Waals surface area contributed by atoms with E-state index in [9.17, 15) is 0 Å². The smallest absolute Gasteiger partial charge is 0.00940 e. The lowest BCUT2D eigenvalue weighted by molar-refractivity contribution is 0.0409. The monoisotopic (exact) mass is 325 g/mol. The standard InChI is InChI=1S/C9H17N.C7H14N2.2C2H6/c1-10-7-5-9(6-8-10)3-2-4-9;1-9-5-7(6-9)2-3-8-4-7;2*1-2/h2-8H2,1H3;8H,2-6H2,1H3;2*1-2H3. The van der Waals surface area contributed by atoms with Gasteiger partial charge in [0.25, 0.3) is 0 Å². The topological polar surface area (TPSA) is 18.5 Å². The summed E-state index contributed by atoms with van der Waals surface area (Å²) in [7, 11) is 4.44. The van der Waals surface area contributed by atoms with Crippen LogP contribution in [0.15, 0.2) is 0 Å². The van der Waals surface area contributed by atoms with Crippen molar-refractivity contribution >= 4 is 0 Å². The predicted molar refractivity (Wildman–Crippen MR) is 103 cm³/mol. The minimum atomic E-state index is 0.703. The fourth-order valence-corrected chi connectivity index (χ4v) is 4.43. The highest BCUT2D eigenvalue weighted by atomic mass is 15.2. The van der Waals surface area contributed by atoms with E-state index in [0.29, 0.717) is 5.41 Å². The molecule has 3 nitrogen and oxygen atoms in total. The van der Waals surface area contributed by atoms with Gasteiger partial charge in [-0.25, -0.2) is 0 Å². The minimum Gasteiger partial charge on any atom is -0.316 e. The molecule has 1 aliphatic carbocycles. The quantitative estimate of drug-likeness (QED) is 0.730. The third-order valence-electron chi connectivity index (χ3n) is 6.00. The highest BCUT2D eigenvalue weighted by molar-refractivity contribution is 4.98. The van der Waals surface area contributed by atoms with Crippen LogP contribution < -0.4 is 5.32 Å². The van der Waals surface area contributed by atoms with Crippen LogP contribution in [0, 0.1) is 10.8 Å². The van der Waals surface area contributed by atoms with Gasteiger partial charge < -0.3 is 15.1 Å². The summed E-state index contributed by atoms with van der Waals surface area (Å²) in [5.74, 6) is 0. The molecule has 0 amide bonds. The van der Waals surface area contributed by atoms with Crippen molar-refractivity contribution in [3.8, 4) is 0 Å². The summed E-state index contributed by atoms with van der Waals surface area (Å²) in [4.78, 5) is 4.86. The molecule has 4 rings (SSSR count). The average molecular weight is 326 g/mol. The molecule has 4 aliphatic rings. The first kappa shape index (κ1) is 20.9. The van der Waals surface area contributed by atoms with E-state index in [0.717, 1.165) is 5.41 Å². The Hall–Kier alpha value is -0.120. The van der Waals surface area contributed by atoms with Crippen LogP contribution in [0.25, 0.3) is 0 Å². The van der Waals surface area contributed by atoms with E-state index in [1.165, 1.54) is 77.8 Å². The molecule has 1 N–H and O–H groups in total. The number of hydrogen-bond donors (Lipinski definition) is 1. The van der Waals surface area contributed by atoms with E-state index in [1.54, 1.807) is 0 Å². The highest BCUT2D eigenvalue weighted by Crippen LogP contribution is 2.48. The molecule has 0 bridgehead atoms. The SMILES string of the molecule is CC.CC.CN1CC2(CCNC2)C1.CN1CCC2(CCC2)CC1. The van der Waals surface area contributed by atoms with Crippen LogP contribution in [0.3, 0.4) is 0 Å². The summed E-state index contributed by atoms with van der Waals surface area (Å²) < 4.78 is 0. The number of hydrogen-bond acceptors (Lipinski definition) is 3. The van der Waals surface area contributed by atoms with Gasteiger partial charge in [0.2, 0.25) is 0 Å². The first-order chi connectivity index (χ1) is 11.1. The summed E-state index contributed by atoms with van der Waals surface area (Å²) in [6, 6.07) is 0. The molecule has 0 aromatic carbocycles. The predicted octanol–water partition coefficient (Wildman–Crippen LogP) is 3.85. The van der Waals surface area contributed by atoms with Crippen molar-refractivity contribution in [2.45, 2.75) is 66.2 Å². The maximum Gasteiger partial charge on any atom is 0.00940 e. The van der Waals surface area contributed by atoms with Gasteiger partial charge in [-0.3, -0.25) is 0 Å². The Labute approximate surface area is 146 Å². The Balaban J connectivity index is 0.000000190. The molecular weight excluding hydrogens is 282 g/mol. The largest absolute Gasteiger partial charge is 0.316 e. The lowest BCUT2D eigenvalue weighted by Gasteiger charge is -2.47. The molecule has 138 valence electrons. The van der Waals surface area contributed by atoms with Crippen LogP contribution in [0.5, 0.6) is 0 Å². The van der Waals surface area contributed by atoms with Crippen molar-refractivity contribution in [3.05, 3.63) is 0 Å².